The fraction of sp³-hybridized carbons (Fsp3) is 0.700. The molecule has 4 heteroatoms. The number of nitrogens with zero attached hydrogens (tertiary/aromatic N) is 1. The molecular weight excluding hydrogens is 302 g/mol. The maximum Gasteiger partial charge on any atom is 0.122 e. The molecule has 1 saturated heterocycles. The van der Waals surface area contributed by atoms with E-state index in [-0.39, 0.29) is 23.8 Å². The lowest BCUT2D eigenvalue weighted by molar-refractivity contribution is -0.1000. The molecular formula is C20H33NO3. The summed E-state index contributed by atoms with van der Waals surface area (Å²) in [5, 5.41) is 20.6. The van der Waals surface area contributed by atoms with Crippen LogP contribution in [0.15, 0.2) is 18.2 Å². The Morgan fingerprint density at radius 1 is 1.17 bits per heavy atom. The lowest BCUT2D eigenvalue weighted by atomic mass is 9.78. The largest absolute Gasteiger partial charge is 0.491 e. The van der Waals surface area contributed by atoms with Gasteiger partial charge in [0.25, 0.3) is 0 Å². The highest BCUT2D eigenvalue weighted by Gasteiger charge is 2.45. The van der Waals surface area contributed by atoms with Crippen LogP contribution in [0.2, 0.25) is 0 Å². The number of aliphatic hydroxyl groups is 2. The molecule has 0 spiro atoms. The van der Waals surface area contributed by atoms with Gasteiger partial charge in [-0.15, -0.1) is 0 Å². The number of piperidine rings is 1. The van der Waals surface area contributed by atoms with Crippen LogP contribution in [0.4, 0.5) is 0 Å². The molecule has 0 amide bonds. The molecule has 0 aliphatic carbocycles. The third-order valence-corrected chi connectivity index (χ3v) is 5.09. The first-order valence-corrected chi connectivity index (χ1v) is 8.85. The summed E-state index contributed by atoms with van der Waals surface area (Å²) < 4.78 is 5.83. The lowest BCUT2D eigenvalue weighted by Gasteiger charge is -2.54. The summed E-state index contributed by atoms with van der Waals surface area (Å²) in [6.45, 7) is 13.4. The van der Waals surface area contributed by atoms with Crippen molar-refractivity contribution in [3.8, 4) is 5.75 Å². The van der Waals surface area contributed by atoms with Gasteiger partial charge in [-0.3, -0.25) is 4.90 Å². The molecule has 0 unspecified atom stereocenters. The molecule has 1 aromatic carbocycles. The molecule has 1 aliphatic rings. The molecule has 2 N–H and O–H groups in total. The maximum absolute atomic E-state index is 10.5. The highest BCUT2D eigenvalue weighted by Crippen LogP contribution is 2.38. The Morgan fingerprint density at radius 2 is 1.75 bits per heavy atom. The predicted molar refractivity (Wildman–Crippen MR) is 97.5 cm³/mol. The second-order valence-corrected chi connectivity index (χ2v) is 8.53. The third-order valence-electron chi connectivity index (χ3n) is 5.09. The Labute approximate surface area is 146 Å². The number of hydrogen-bond acceptors (Lipinski definition) is 4. The van der Waals surface area contributed by atoms with Gasteiger partial charge in [0, 0.05) is 17.6 Å². The SMILES string of the molecule is Cc1ccc(OC[C@H](O)CN2C(C)(C)CC(O)CC2(C)C)c(C)c1. The van der Waals surface area contributed by atoms with Gasteiger partial charge >= 0.3 is 0 Å². The van der Waals surface area contributed by atoms with E-state index < -0.39 is 6.10 Å². The van der Waals surface area contributed by atoms with Gasteiger partial charge in [-0.25, -0.2) is 0 Å². The van der Waals surface area contributed by atoms with Gasteiger partial charge in [-0.2, -0.15) is 0 Å². The molecule has 2 rings (SSSR count). The van der Waals surface area contributed by atoms with Gasteiger partial charge in [0.05, 0.1) is 6.10 Å². The van der Waals surface area contributed by atoms with Crippen LogP contribution in [0.1, 0.15) is 51.7 Å². The topological polar surface area (TPSA) is 52.9 Å². The van der Waals surface area contributed by atoms with Crippen molar-refractivity contribution >= 4 is 0 Å². The van der Waals surface area contributed by atoms with Crippen LogP contribution >= 0.6 is 0 Å². The van der Waals surface area contributed by atoms with E-state index in [1.54, 1.807) is 0 Å². The first-order valence-electron chi connectivity index (χ1n) is 8.85. The van der Waals surface area contributed by atoms with E-state index in [9.17, 15) is 10.2 Å². The van der Waals surface area contributed by atoms with Crippen LogP contribution in [0, 0.1) is 13.8 Å². The number of benzene rings is 1. The monoisotopic (exact) mass is 335 g/mol. The van der Waals surface area contributed by atoms with E-state index >= 15 is 0 Å². The molecule has 0 saturated carbocycles. The Balaban J connectivity index is 1.99. The zero-order valence-corrected chi connectivity index (χ0v) is 16.0. The minimum atomic E-state index is -0.570. The van der Waals surface area contributed by atoms with Gasteiger partial charge < -0.3 is 14.9 Å². The highest BCUT2D eigenvalue weighted by molar-refractivity contribution is 5.35. The number of ether oxygens (including phenoxy) is 1. The van der Waals surface area contributed by atoms with Gasteiger partial charge in [0.15, 0.2) is 0 Å². The van der Waals surface area contributed by atoms with Crippen LogP contribution < -0.4 is 4.74 Å². The Hall–Kier alpha value is -1.10. The average Bonchev–Trinajstić information content (AvgIpc) is 2.40. The Morgan fingerprint density at radius 3 is 2.29 bits per heavy atom. The standard InChI is InChI=1S/C20H33NO3/c1-14-7-8-18(15(2)9-14)24-13-17(23)12-21-19(3,4)10-16(22)11-20(21,5)6/h7-9,16-17,22-23H,10-13H2,1-6H3/t17-/m1/s1. The van der Waals surface area contributed by atoms with Crippen LogP contribution in [0.5, 0.6) is 5.75 Å². The van der Waals surface area contributed by atoms with Crippen molar-refractivity contribution in [3.05, 3.63) is 29.3 Å². The number of rotatable bonds is 5. The summed E-state index contributed by atoms with van der Waals surface area (Å²) in [4.78, 5) is 2.31. The minimum absolute atomic E-state index is 0.151. The van der Waals surface area contributed by atoms with Gasteiger partial charge in [-0.1, -0.05) is 17.7 Å². The first-order chi connectivity index (χ1) is 11.0. The van der Waals surface area contributed by atoms with Gasteiger partial charge in [-0.05, 0) is 66.0 Å². The molecule has 136 valence electrons. The summed E-state index contributed by atoms with van der Waals surface area (Å²) in [5.74, 6) is 0.826. The Bertz CT molecular complexity index is 550. The van der Waals surface area contributed by atoms with Crippen molar-refractivity contribution < 1.29 is 14.9 Å². The van der Waals surface area contributed by atoms with Crippen LogP contribution in [0.3, 0.4) is 0 Å². The van der Waals surface area contributed by atoms with Crippen molar-refractivity contribution in [3.63, 3.8) is 0 Å². The smallest absolute Gasteiger partial charge is 0.122 e. The number of hydrogen-bond donors (Lipinski definition) is 2. The first kappa shape index (κ1) is 19.2. The molecule has 0 radical (unpaired) electrons. The van der Waals surface area contributed by atoms with Crippen molar-refractivity contribution in [1.82, 2.24) is 4.90 Å². The van der Waals surface area contributed by atoms with Crippen molar-refractivity contribution in [1.29, 1.82) is 0 Å². The molecule has 1 aliphatic heterocycles. The van der Waals surface area contributed by atoms with E-state index in [2.05, 4.69) is 45.6 Å². The van der Waals surface area contributed by atoms with Gasteiger partial charge in [0.1, 0.15) is 18.5 Å². The zero-order chi connectivity index (χ0) is 18.1. The van der Waals surface area contributed by atoms with E-state index in [0.29, 0.717) is 6.54 Å². The van der Waals surface area contributed by atoms with Crippen LogP contribution in [0.25, 0.3) is 0 Å². The number of aliphatic hydroxyl groups excluding tert-OH is 2. The Kier molecular flexibility index (Phi) is 5.63. The molecule has 1 fully saturated rings. The second kappa shape index (κ2) is 7.03. The average molecular weight is 335 g/mol. The number of likely N-dealkylation sites (tertiary alicyclic amines) is 1. The van der Waals surface area contributed by atoms with E-state index in [0.717, 1.165) is 24.2 Å². The molecule has 4 nitrogen and oxygen atoms in total. The fourth-order valence-electron chi connectivity index (χ4n) is 4.17. The third kappa shape index (κ3) is 4.50. The summed E-state index contributed by atoms with van der Waals surface area (Å²) in [6.07, 6.45) is 0.594. The van der Waals surface area contributed by atoms with E-state index in [4.69, 9.17) is 4.74 Å². The van der Waals surface area contributed by atoms with Crippen molar-refractivity contribution in [2.45, 2.75) is 77.7 Å². The van der Waals surface area contributed by atoms with Crippen molar-refractivity contribution in [2.75, 3.05) is 13.2 Å². The normalized spacial score (nSPS) is 22.3. The predicted octanol–water partition coefficient (Wildman–Crippen LogP) is 3.06. The molecule has 0 bridgehead atoms. The summed E-state index contributed by atoms with van der Waals surface area (Å²) in [7, 11) is 0. The van der Waals surface area contributed by atoms with Gasteiger partial charge in [0.2, 0.25) is 0 Å². The number of aryl methyl sites for hydroxylation is 2. The summed E-state index contributed by atoms with van der Waals surface area (Å²) in [6, 6.07) is 6.06. The highest BCUT2D eigenvalue weighted by atomic mass is 16.5. The fourth-order valence-corrected chi connectivity index (χ4v) is 4.17. The molecule has 0 aromatic heterocycles. The second-order valence-electron chi connectivity index (χ2n) is 8.53. The van der Waals surface area contributed by atoms with Crippen LogP contribution in [-0.4, -0.2) is 51.6 Å². The zero-order valence-electron chi connectivity index (χ0n) is 16.0. The summed E-state index contributed by atoms with van der Waals surface area (Å²) in [5.41, 5.74) is 1.99. The molecule has 24 heavy (non-hydrogen) atoms. The molecule has 1 heterocycles. The molecule has 1 atom stereocenters. The van der Waals surface area contributed by atoms with Crippen molar-refractivity contribution in [2.24, 2.45) is 0 Å². The van der Waals surface area contributed by atoms with E-state index in [1.807, 2.05) is 19.1 Å². The van der Waals surface area contributed by atoms with E-state index in [1.165, 1.54) is 5.56 Å². The quantitative estimate of drug-likeness (QED) is 0.868. The minimum Gasteiger partial charge on any atom is -0.491 e. The summed E-state index contributed by atoms with van der Waals surface area (Å²) >= 11 is 0. The van der Waals surface area contributed by atoms with Crippen LogP contribution in [-0.2, 0) is 0 Å². The molecule has 1 aromatic rings. The lowest BCUT2D eigenvalue weighted by Crippen LogP contribution is -2.63. The number of β-amino-alcohol motifs (C(OH)–C–C–N with tert-alkyl or cyclic N) is 1. The maximum atomic E-state index is 10.5.